The Bertz CT molecular complexity index is 5010. The summed E-state index contributed by atoms with van der Waals surface area (Å²) in [4.78, 5) is 2.47. The van der Waals surface area contributed by atoms with Crippen LogP contribution in [0.5, 0.6) is 0 Å². The third-order valence-electron chi connectivity index (χ3n) is 18.7. The van der Waals surface area contributed by atoms with E-state index in [4.69, 9.17) is 0 Å². The fourth-order valence-corrected chi connectivity index (χ4v) is 15.1. The highest BCUT2D eigenvalue weighted by Crippen LogP contribution is 2.59. The second-order valence-corrected chi connectivity index (χ2v) is 23.1. The lowest BCUT2D eigenvalue weighted by atomic mass is 9.67. The third-order valence-corrected chi connectivity index (χ3v) is 18.7. The number of para-hydroxylation sites is 1. The zero-order chi connectivity index (χ0) is 56.8. The van der Waals surface area contributed by atoms with Gasteiger partial charge in [0.05, 0.1) is 27.6 Å². The molecular formula is C84H56N2. The van der Waals surface area contributed by atoms with Crippen molar-refractivity contribution in [2.24, 2.45) is 0 Å². The first-order chi connectivity index (χ1) is 42.7. The van der Waals surface area contributed by atoms with Gasteiger partial charge in [-0.25, -0.2) is 0 Å². The highest BCUT2D eigenvalue weighted by atomic mass is 15.1. The van der Waals surface area contributed by atoms with Crippen LogP contribution in [0.15, 0.2) is 340 Å². The quantitative estimate of drug-likeness (QED) is 0.132. The minimum atomic E-state index is -0.534. The molecule has 0 unspecified atom stereocenters. The molecule has 1 aromatic heterocycles. The molecule has 0 bridgehead atoms. The third kappa shape index (κ3) is 7.39. The van der Waals surface area contributed by atoms with Gasteiger partial charge >= 0.3 is 0 Å². The van der Waals surface area contributed by atoms with Crippen molar-refractivity contribution in [1.82, 2.24) is 4.57 Å². The molecular weight excluding hydrogens is 1040 g/mol. The second kappa shape index (κ2) is 19.8. The van der Waals surface area contributed by atoms with Crippen LogP contribution in [0.4, 0.5) is 17.1 Å². The van der Waals surface area contributed by atoms with Gasteiger partial charge in [-0.05, 0) is 149 Å². The highest BCUT2D eigenvalue weighted by molar-refractivity contribution is 6.10. The summed E-state index contributed by atoms with van der Waals surface area (Å²) in [5, 5.41) is 4.86. The van der Waals surface area contributed by atoms with Gasteiger partial charge in [0.15, 0.2) is 0 Å². The monoisotopic (exact) mass is 1090 g/mol. The summed E-state index contributed by atoms with van der Waals surface area (Å²) in [7, 11) is 0. The standard InChI is InChI=1S/C84H56N2/c1-5-26-62(27-6-1)83(63-28-7-2-8-29-63)77-40-19-16-37-71(77)75-55-67(49-52-78(75)83)86-81-41-20-17-38-73(81)74-50-47-61(54-82(74)86)58-45-43-57(44-46-58)60-25-21-34-66(53-60)85(80-42-22-24-59-23-13-14-35-69(59)80)68-48-51-72-70-36-15-18-39-76(70)84(79(72)56-68,64-30-9-3-10-31-64)65-32-11-4-12-33-65/h1-56H. The average molecular weight is 1090 g/mol. The molecule has 0 aliphatic heterocycles. The Morgan fingerprint density at radius 2 is 0.709 bits per heavy atom. The van der Waals surface area contributed by atoms with Gasteiger partial charge in [0, 0.05) is 33.2 Å². The van der Waals surface area contributed by atoms with Crippen molar-refractivity contribution in [3.05, 3.63) is 384 Å². The predicted octanol–water partition coefficient (Wildman–Crippen LogP) is 21.5. The normalized spacial score (nSPS) is 13.3. The molecule has 402 valence electrons. The van der Waals surface area contributed by atoms with Gasteiger partial charge < -0.3 is 9.47 Å². The average Bonchev–Trinajstić information content (AvgIpc) is 1.68. The first kappa shape index (κ1) is 49.5. The molecule has 14 aromatic carbocycles. The predicted molar refractivity (Wildman–Crippen MR) is 358 cm³/mol. The Morgan fingerprint density at radius 1 is 0.244 bits per heavy atom. The van der Waals surface area contributed by atoms with Gasteiger partial charge in [-0.15, -0.1) is 0 Å². The van der Waals surface area contributed by atoms with Crippen molar-refractivity contribution in [2.45, 2.75) is 10.8 Å². The number of nitrogens with zero attached hydrogens (tertiary/aromatic N) is 2. The Balaban J connectivity index is 0.772. The molecule has 2 aliphatic carbocycles. The summed E-state index contributed by atoms with van der Waals surface area (Å²) in [6, 6.07) is 126. The Labute approximate surface area is 501 Å². The number of aromatic nitrogens is 1. The molecule has 15 aromatic rings. The van der Waals surface area contributed by atoms with E-state index in [-0.39, 0.29) is 0 Å². The van der Waals surface area contributed by atoms with Crippen LogP contribution in [0.2, 0.25) is 0 Å². The van der Waals surface area contributed by atoms with E-state index >= 15 is 0 Å². The van der Waals surface area contributed by atoms with Gasteiger partial charge in [-0.3, -0.25) is 0 Å². The van der Waals surface area contributed by atoms with Crippen molar-refractivity contribution >= 4 is 49.6 Å². The number of rotatable bonds is 10. The minimum Gasteiger partial charge on any atom is -0.310 e. The molecule has 17 rings (SSSR count). The van der Waals surface area contributed by atoms with Crippen LogP contribution in [0.1, 0.15) is 44.5 Å². The zero-order valence-corrected chi connectivity index (χ0v) is 47.2. The minimum absolute atomic E-state index is 0.459. The van der Waals surface area contributed by atoms with Crippen LogP contribution in [0, 0.1) is 0 Å². The van der Waals surface area contributed by atoms with E-state index < -0.39 is 10.8 Å². The maximum absolute atomic E-state index is 2.48. The molecule has 0 amide bonds. The smallest absolute Gasteiger partial charge is 0.0714 e. The molecule has 2 heteroatoms. The lowest BCUT2D eigenvalue weighted by Crippen LogP contribution is -2.28. The topological polar surface area (TPSA) is 8.17 Å². The lowest BCUT2D eigenvalue weighted by Gasteiger charge is -2.35. The first-order valence-electron chi connectivity index (χ1n) is 29.9. The van der Waals surface area contributed by atoms with Gasteiger partial charge in [-0.2, -0.15) is 0 Å². The van der Waals surface area contributed by atoms with Gasteiger partial charge in [0.25, 0.3) is 0 Å². The van der Waals surface area contributed by atoms with E-state index in [9.17, 15) is 0 Å². The Morgan fingerprint density at radius 3 is 1.36 bits per heavy atom. The largest absolute Gasteiger partial charge is 0.310 e. The summed E-state index contributed by atoms with van der Waals surface area (Å²) < 4.78 is 2.48. The van der Waals surface area contributed by atoms with Gasteiger partial charge in [0.1, 0.15) is 0 Å². The number of fused-ring (bicyclic) bond motifs is 10. The van der Waals surface area contributed by atoms with E-state index in [1.165, 1.54) is 110 Å². The van der Waals surface area contributed by atoms with Crippen LogP contribution in [0.25, 0.3) is 82.8 Å². The summed E-state index contributed by atoms with van der Waals surface area (Å²) in [5.74, 6) is 0. The summed E-state index contributed by atoms with van der Waals surface area (Å²) >= 11 is 0. The fraction of sp³-hybridized carbons (Fsp3) is 0.0238. The van der Waals surface area contributed by atoms with Crippen molar-refractivity contribution in [3.8, 4) is 50.2 Å². The molecule has 1 heterocycles. The maximum atomic E-state index is 2.48. The molecule has 0 saturated carbocycles. The van der Waals surface area contributed by atoms with E-state index in [1.807, 2.05) is 0 Å². The second-order valence-electron chi connectivity index (χ2n) is 23.1. The van der Waals surface area contributed by atoms with Crippen LogP contribution >= 0.6 is 0 Å². The van der Waals surface area contributed by atoms with Crippen molar-refractivity contribution < 1.29 is 0 Å². The molecule has 0 N–H and O–H groups in total. The molecule has 2 nitrogen and oxygen atoms in total. The molecule has 0 saturated heterocycles. The van der Waals surface area contributed by atoms with Gasteiger partial charge in [-0.1, -0.05) is 285 Å². The Hall–Kier alpha value is -11.1. The molecule has 0 radical (unpaired) electrons. The van der Waals surface area contributed by atoms with E-state index in [2.05, 4.69) is 349 Å². The van der Waals surface area contributed by atoms with Crippen LogP contribution in [-0.2, 0) is 10.8 Å². The first-order valence-corrected chi connectivity index (χ1v) is 29.9. The number of hydrogen-bond donors (Lipinski definition) is 0. The van der Waals surface area contributed by atoms with Crippen molar-refractivity contribution in [3.63, 3.8) is 0 Å². The number of anilines is 3. The van der Waals surface area contributed by atoms with Crippen LogP contribution < -0.4 is 4.90 Å². The van der Waals surface area contributed by atoms with Crippen LogP contribution in [-0.4, -0.2) is 4.57 Å². The molecule has 0 fully saturated rings. The number of benzene rings is 14. The fourth-order valence-electron chi connectivity index (χ4n) is 15.1. The number of hydrogen-bond acceptors (Lipinski definition) is 1. The van der Waals surface area contributed by atoms with Gasteiger partial charge in [0.2, 0.25) is 0 Å². The molecule has 86 heavy (non-hydrogen) atoms. The SMILES string of the molecule is c1ccc(C2(c3ccccc3)c3ccccc3-c3cc(-n4c5ccccc5c5ccc(-c6ccc(-c7cccc(N(c8ccc9c(c8)C(c8ccccc8)(c8ccccc8)c8ccccc8-9)c8cccc9ccccc89)c7)cc6)cc54)ccc32)cc1. The maximum Gasteiger partial charge on any atom is 0.0714 e. The van der Waals surface area contributed by atoms with Crippen molar-refractivity contribution in [2.75, 3.05) is 4.90 Å². The van der Waals surface area contributed by atoms with E-state index in [1.54, 1.807) is 0 Å². The van der Waals surface area contributed by atoms with Crippen molar-refractivity contribution in [1.29, 1.82) is 0 Å². The van der Waals surface area contributed by atoms with E-state index in [0.717, 1.165) is 33.9 Å². The summed E-state index contributed by atoms with van der Waals surface area (Å²) in [5.41, 5.74) is 25.7. The molecule has 0 atom stereocenters. The van der Waals surface area contributed by atoms with Crippen LogP contribution in [0.3, 0.4) is 0 Å². The highest BCUT2D eigenvalue weighted by Gasteiger charge is 2.48. The Kier molecular flexibility index (Phi) is 11.4. The lowest BCUT2D eigenvalue weighted by molar-refractivity contribution is 0.768. The van der Waals surface area contributed by atoms with E-state index in [0.29, 0.717) is 0 Å². The zero-order valence-electron chi connectivity index (χ0n) is 47.2. The summed E-state index contributed by atoms with van der Waals surface area (Å²) in [6.45, 7) is 0. The summed E-state index contributed by atoms with van der Waals surface area (Å²) in [6.07, 6.45) is 0. The molecule has 0 spiro atoms. The molecule has 2 aliphatic rings.